The van der Waals surface area contributed by atoms with Gasteiger partial charge in [0.15, 0.2) is 0 Å². The number of ether oxygens (including phenoxy) is 1. The molecule has 1 N–H and O–H groups in total. The lowest BCUT2D eigenvalue weighted by molar-refractivity contribution is -0.140. The van der Waals surface area contributed by atoms with Crippen LogP contribution in [0.5, 0.6) is 0 Å². The molecule has 3 heterocycles. The van der Waals surface area contributed by atoms with Gasteiger partial charge < -0.3 is 15.0 Å². The summed E-state index contributed by atoms with van der Waals surface area (Å²) >= 11 is 6.02. The second-order valence-corrected chi connectivity index (χ2v) is 6.68. The van der Waals surface area contributed by atoms with Crippen LogP contribution in [0.2, 0.25) is 5.02 Å². The molecular weight excluding hydrogens is 302 g/mol. The largest absolute Gasteiger partial charge is 0.379 e. The highest BCUT2D eigenvalue weighted by atomic mass is 35.5. The summed E-state index contributed by atoms with van der Waals surface area (Å²) in [7, 11) is 0. The van der Waals surface area contributed by atoms with Crippen LogP contribution in [0.3, 0.4) is 0 Å². The van der Waals surface area contributed by atoms with Crippen molar-refractivity contribution in [2.75, 3.05) is 44.7 Å². The number of likely N-dealkylation sites (tertiary alicyclic amines) is 1. The lowest BCUT2D eigenvalue weighted by atomic mass is 10.0. The number of hydrogen-bond acceptors (Lipinski definition) is 4. The van der Waals surface area contributed by atoms with E-state index in [1.165, 1.54) is 0 Å². The van der Waals surface area contributed by atoms with Gasteiger partial charge in [-0.2, -0.15) is 0 Å². The van der Waals surface area contributed by atoms with Crippen molar-refractivity contribution in [3.05, 3.63) is 28.8 Å². The summed E-state index contributed by atoms with van der Waals surface area (Å²) in [5, 5.41) is 4.05. The number of amides is 1. The smallest absolute Gasteiger partial charge is 0.245 e. The fourth-order valence-electron chi connectivity index (χ4n) is 3.51. The fraction of sp³-hybridized carbons (Fsp3) is 0.562. The summed E-state index contributed by atoms with van der Waals surface area (Å²) in [6, 6.07) is 6.13. The zero-order valence-electron chi connectivity index (χ0n) is 12.4. The first-order valence-electron chi connectivity index (χ1n) is 7.86. The van der Waals surface area contributed by atoms with Gasteiger partial charge in [-0.3, -0.25) is 9.69 Å². The Morgan fingerprint density at radius 2 is 2.05 bits per heavy atom. The van der Waals surface area contributed by atoms with Crippen LogP contribution in [0.25, 0.3) is 0 Å². The van der Waals surface area contributed by atoms with Crippen LogP contribution in [-0.4, -0.2) is 67.2 Å². The third kappa shape index (κ3) is 2.57. The molecule has 5 nitrogen and oxygen atoms in total. The Morgan fingerprint density at radius 1 is 1.27 bits per heavy atom. The molecule has 2 fully saturated rings. The van der Waals surface area contributed by atoms with Gasteiger partial charge in [-0.1, -0.05) is 11.6 Å². The minimum atomic E-state index is -0.140. The van der Waals surface area contributed by atoms with E-state index in [-0.39, 0.29) is 11.9 Å². The molecule has 0 saturated carbocycles. The monoisotopic (exact) mass is 321 g/mol. The Labute approximate surface area is 135 Å². The predicted octanol–water partition coefficient (Wildman–Crippen LogP) is 1.22. The number of hydrogen-bond donors (Lipinski definition) is 1. The number of anilines is 1. The molecule has 118 valence electrons. The number of benzene rings is 1. The first kappa shape index (κ1) is 14.3. The summed E-state index contributed by atoms with van der Waals surface area (Å²) < 4.78 is 5.38. The van der Waals surface area contributed by atoms with Crippen LogP contribution in [0, 0.1) is 0 Å². The molecule has 0 aliphatic carbocycles. The van der Waals surface area contributed by atoms with Crippen LogP contribution in [0.4, 0.5) is 5.69 Å². The van der Waals surface area contributed by atoms with Crippen molar-refractivity contribution < 1.29 is 9.53 Å². The number of carbonyl (C=O) groups excluding carboxylic acids is 1. The molecule has 0 spiro atoms. The summed E-state index contributed by atoms with van der Waals surface area (Å²) in [4.78, 5) is 17.0. The van der Waals surface area contributed by atoms with Gasteiger partial charge in [0.2, 0.25) is 5.91 Å². The van der Waals surface area contributed by atoms with Crippen LogP contribution < -0.4 is 5.32 Å². The maximum absolute atomic E-state index is 12.6. The molecule has 0 radical (unpaired) electrons. The highest BCUT2D eigenvalue weighted by molar-refractivity contribution is 6.30. The zero-order valence-corrected chi connectivity index (χ0v) is 13.2. The van der Waals surface area contributed by atoms with Crippen molar-refractivity contribution in [1.82, 2.24) is 9.80 Å². The van der Waals surface area contributed by atoms with E-state index in [9.17, 15) is 4.79 Å². The molecule has 0 bridgehead atoms. The lowest BCUT2D eigenvalue weighted by Crippen LogP contribution is -2.64. The van der Waals surface area contributed by atoms with Crippen molar-refractivity contribution in [2.24, 2.45) is 0 Å². The number of fused-ring (bicyclic) bond motifs is 1. The van der Waals surface area contributed by atoms with Gasteiger partial charge >= 0.3 is 0 Å². The van der Waals surface area contributed by atoms with Gasteiger partial charge in [-0.05, 0) is 23.8 Å². The molecule has 0 aromatic heterocycles. The summed E-state index contributed by atoms with van der Waals surface area (Å²) in [6.45, 7) is 5.27. The lowest BCUT2D eigenvalue weighted by Gasteiger charge is -2.47. The SMILES string of the molecule is O=C(C1Cc2cc(Cl)ccc2N1)N1CC(N2CCOCC2)C1. The minimum absolute atomic E-state index is 0.140. The van der Waals surface area contributed by atoms with Crippen LogP contribution in [-0.2, 0) is 16.0 Å². The van der Waals surface area contributed by atoms with Gasteiger partial charge in [0, 0.05) is 49.4 Å². The molecule has 3 aliphatic heterocycles. The van der Waals surface area contributed by atoms with E-state index in [2.05, 4.69) is 10.2 Å². The normalized spacial score (nSPS) is 25.5. The average Bonchev–Trinajstić information content (AvgIpc) is 2.89. The van der Waals surface area contributed by atoms with Gasteiger partial charge in [-0.15, -0.1) is 0 Å². The van der Waals surface area contributed by atoms with E-state index in [1.54, 1.807) is 0 Å². The molecule has 22 heavy (non-hydrogen) atoms. The highest BCUT2D eigenvalue weighted by Crippen LogP contribution is 2.30. The third-order valence-corrected chi connectivity index (χ3v) is 5.09. The molecule has 1 amide bonds. The Bertz CT molecular complexity index is 583. The van der Waals surface area contributed by atoms with Crippen molar-refractivity contribution in [3.63, 3.8) is 0 Å². The van der Waals surface area contributed by atoms with E-state index in [4.69, 9.17) is 16.3 Å². The molecule has 3 aliphatic rings. The zero-order chi connectivity index (χ0) is 15.1. The first-order chi connectivity index (χ1) is 10.7. The van der Waals surface area contributed by atoms with Crippen LogP contribution >= 0.6 is 11.6 Å². The number of nitrogens with zero attached hydrogens (tertiary/aromatic N) is 2. The van der Waals surface area contributed by atoms with Crippen LogP contribution in [0.1, 0.15) is 5.56 Å². The summed E-state index contributed by atoms with van der Waals surface area (Å²) in [5.74, 6) is 0.205. The predicted molar refractivity (Wildman–Crippen MR) is 85.3 cm³/mol. The molecular formula is C16H20ClN3O2. The fourth-order valence-corrected chi connectivity index (χ4v) is 3.70. The first-order valence-corrected chi connectivity index (χ1v) is 8.24. The standard InChI is InChI=1S/C16H20ClN3O2/c17-12-1-2-14-11(7-12)8-15(18-14)16(21)20-9-13(10-20)19-3-5-22-6-4-19/h1-2,7,13,15,18H,3-6,8-10H2. The van der Waals surface area contributed by atoms with E-state index in [1.807, 2.05) is 23.1 Å². The number of nitrogens with one attached hydrogen (secondary N) is 1. The molecule has 1 atom stereocenters. The topological polar surface area (TPSA) is 44.8 Å². The Balaban J connectivity index is 1.33. The van der Waals surface area contributed by atoms with Crippen molar-refractivity contribution in [2.45, 2.75) is 18.5 Å². The van der Waals surface area contributed by atoms with Gasteiger partial charge in [0.1, 0.15) is 6.04 Å². The molecule has 6 heteroatoms. The molecule has 2 saturated heterocycles. The second kappa shape index (κ2) is 5.72. The van der Waals surface area contributed by atoms with Crippen molar-refractivity contribution in [3.8, 4) is 0 Å². The van der Waals surface area contributed by atoms with E-state index < -0.39 is 0 Å². The maximum atomic E-state index is 12.6. The quantitative estimate of drug-likeness (QED) is 0.889. The van der Waals surface area contributed by atoms with Crippen molar-refractivity contribution >= 4 is 23.2 Å². The van der Waals surface area contributed by atoms with E-state index in [0.29, 0.717) is 6.04 Å². The Kier molecular flexibility index (Phi) is 3.72. The number of carbonyl (C=O) groups is 1. The number of rotatable bonds is 2. The maximum Gasteiger partial charge on any atom is 0.245 e. The van der Waals surface area contributed by atoms with Crippen molar-refractivity contribution in [1.29, 1.82) is 0 Å². The molecule has 1 aromatic rings. The highest BCUT2D eigenvalue weighted by Gasteiger charge is 2.39. The molecule has 4 rings (SSSR count). The number of halogens is 1. The Hall–Kier alpha value is -1.30. The van der Waals surface area contributed by atoms with Gasteiger partial charge in [-0.25, -0.2) is 0 Å². The molecule has 1 aromatic carbocycles. The Morgan fingerprint density at radius 3 is 2.82 bits per heavy atom. The van der Waals surface area contributed by atoms with E-state index >= 15 is 0 Å². The van der Waals surface area contributed by atoms with Gasteiger partial charge in [0.05, 0.1) is 13.2 Å². The summed E-state index contributed by atoms with van der Waals surface area (Å²) in [6.07, 6.45) is 0.730. The minimum Gasteiger partial charge on any atom is -0.379 e. The third-order valence-electron chi connectivity index (χ3n) is 4.86. The molecule has 1 unspecified atom stereocenters. The van der Waals surface area contributed by atoms with Crippen LogP contribution in [0.15, 0.2) is 18.2 Å². The van der Waals surface area contributed by atoms with Gasteiger partial charge in [0.25, 0.3) is 0 Å². The van der Waals surface area contributed by atoms with E-state index in [0.717, 1.165) is 62.1 Å². The average molecular weight is 322 g/mol. The number of morpholine rings is 1. The summed E-state index contributed by atoms with van der Waals surface area (Å²) in [5.41, 5.74) is 2.17. The second-order valence-electron chi connectivity index (χ2n) is 6.25.